The third kappa shape index (κ3) is 3.64. The van der Waals surface area contributed by atoms with Gasteiger partial charge in [-0.15, -0.1) is 0 Å². The molecule has 1 aromatic carbocycles. The molecule has 2 N–H and O–H groups in total. The average molecular weight is 430 g/mol. The number of ketones is 1. The van der Waals surface area contributed by atoms with Crippen LogP contribution in [0.15, 0.2) is 29.2 Å². The fourth-order valence-corrected chi connectivity index (χ4v) is 4.93. The number of hydrogen-bond acceptors (Lipinski definition) is 4. The molecular formula is C23H24F2N2O4. The summed E-state index contributed by atoms with van der Waals surface area (Å²) in [6.45, 7) is 4.37. The van der Waals surface area contributed by atoms with Gasteiger partial charge in [-0.2, -0.15) is 0 Å². The highest BCUT2D eigenvalue weighted by molar-refractivity contribution is 6.01. The van der Waals surface area contributed by atoms with Crippen molar-refractivity contribution in [2.24, 2.45) is 17.3 Å². The van der Waals surface area contributed by atoms with E-state index in [9.17, 15) is 28.3 Å². The lowest BCUT2D eigenvalue weighted by molar-refractivity contribution is 0.0358. The predicted octanol–water partition coefficient (Wildman–Crippen LogP) is 3.40. The SMILES string of the molecule is CC1(C)CCCC2C(=O)c3c(O)c(=O)c(C(=O)NCc4ccc(F)cc4F)cn3CC21. The molecule has 1 saturated carbocycles. The Morgan fingerprint density at radius 2 is 2.03 bits per heavy atom. The van der Waals surface area contributed by atoms with Gasteiger partial charge in [-0.1, -0.05) is 26.3 Å². The Kier molecular flexibility index (Phi) is 5.19. The Balaban J connectivity index is 1.65. The smallest absolute Gasteiger partial charge is 0.257 e. The normalized spacial score (nSPS) is 21.9. The molecule has 4 rings (SSSR count). The molecule has 6 nitrogen and oxygen atoms in total. The van der Waals surface area contributed by atoms with Gasteiger partial charge in [-0.05, 0) is 30.2 Å². The van der Waals surface area contributed by atoms with Crippen LogP contribution in [0.25, 0.3) is 0 Å². The quantitative estimate of drug-likeness (QED) is 0.781. The molecule has 0 radical (unpaired) electrons. The van der Waals surface area contributed by atoms with E-state index in [-0.39, 0.29) is 46.4 Å². The summed E-state index contributed by atoms with van der Waals surface area (Å²) >= 11 is 0. The van der Waals surface area contributed by atoms with Crippen molar-refractivity contribution >= 4 is 11.7 Å². The van der Waals surface area contributed by atoms with Crippen LogP contribution >= 0.6 is 0 Å². The first-order valence-electron chi connectivity index (χ1n) is 10.3. The number of carbonyl (C=O) groups is 2. The summed E-state index contributed by atoms with van der Waals surface area (Å²) in [6, 6.07) is 2.97. The minimum absolute atomic E-state index is 0.0346. The minimum Gasteiger partial charge on any atom is -0.503 e. The van der Waals surface area contributed by atoms with Crippen LogP contribution in [-0.4, -0.2) is 21.4 Å². The molecule has 0 bridgehead atoms. The Hall–Kier alpha value is -3.03. The zero-order valence-electron chi connectivity index (χ0n) is 17.4. The number of nitrogens with zero attached hydrogens (tertiary/aromatic N) is 1. The molecule has 1 fully saturated rings. The molecule has 1 amide bonds. The topological polar surface area (TPSA) is 88.4 Å². The lowest BCUT2D eigenvalue weighted by Gasteiger charge is -2.46. The first kappa shape index (κ1) is 21.2. The van der Waals surface area contributed by atoms with Gasteiger partial charge >= 0.3 is 0 Å². The predicted molar refractivity (Wildman–Crippen MR) is 109 cm³/mol. The summed E-state index contributed by atoms with van der Waals surface area (Å²) < 4.78 is 28.4. The molecule has 2 aliphatic rings. The molecule has 8 heteroatoms. The number of benzene rings is 1. The first-order valence-corrected chi connectivity index (χ1v) is 10.3. The second-order valence-corrected chi connectivity index (χ2v) is 9.10. The number of amides is 1. The van der Waals surface area contributed by atoms with Gasteiger partial charge in [0.2, 0.25) is 5.43 Å². The summed E-state index contributed by atoms with van der Waals surface area (Å²) in [5.74, 6) is -3.58. The Morgan fingerprint density at radius 3 is 2.74 bits per heavy atom. The van der Waals surface area contributed by atoms with Crippen LogP contribution < -0.4 is 10.7 Å². The number of aromatic nitrogens is 1. The van der Waals surface area contributed by atoms with E-state index in [0.29, 0.717) is 19.0 Å². The number of Topliss-reactive ketones (excluding diaryl/α,β-unsaturated/α-hetero) is 1. The van der Waals surface area contributed by atoms with Crippen molar-refractivity contribution in [2.45, 2.75) is 46.2 Å². The van der Waals surface area contributed by atoms with Crippen molar-refractivity contribution in [2.75, 3.05) is 0 Å². The third-order valence-corrected chi connectivity index (χ3v) is 6.74. The number of hydrogen-bond donors (Lipinski definition) is 2. The molecule has 2 unspecified atom stereocenters. The maximum absolute atomic E-state index is 13.8. The van der Waals surface area contributed by atoms with Crippen molar-refractivity contribution in [3.8, 4) is 5.75 Å². The van der Waals surface area contributed by atoms with E-state index in [1.165, 1.54) is 16.8 Å². The summed E-state index contributed by atoms with van der Waals surface area (Å²) in [5.41, 5.74) is -1.35. The molecule has 2 atom stereocenters. The Labute approximate surface area is 177 Å². The monoisotopic (exact) mass is 430 g/mol. The number of halogens is 2. The van der Waals surface area contributed by atoms with E-state index >= 15 is 0 Å². The van der Waals surface area contributed by atoms with Gasteiger partial charge in [0, 0.05) is 36.8 Å². The second kappa shape index (κ2) is 7.59. The molecule has 0 saturated heterocycles. The zero-order valence-corrected chi connectivity index (χ0v) is 17.4. The van der Waals surface area contributed by atoms with Crippen LogP contribution in [0.4, 0.5) is 8.78 Å². The van der Waals surface area contributed by atoms with E-state index in [4.69, 9.17) is 0 Å². The molecule has 1 aromatic heterocycles. The number of fused-ring (bicyclic) bond motifs is 2. The minimum atomic E-state index is -0.940. The lowest BCUT2D eigenvalue weighted by Crippen LogP contribution is -2.46. The van der Waals surface area contributed by atoms with Gasteiger partial charge in [0.15, 0.2) is 11.5 Å². The highest BCUT2D eigenvalue weighted by Gasteiger charge is 2.47. The molecule has 1 aliphatic heterocycles. The van der Waals surface area contributed by atoms with Crippen LogP contribution in [0.1, 0.15) is 59.5 Å². The lowest BCUT2D eigenvalue weighted by atomic mass is 9.61. The van der Waals surface area contributed by atoms with Crippen molar-refractivity contribution in [1.29, 1.82) is 0 Å². The van der Waals surface area contributed by atoms with E-state index in [1.807, 2.05) is 0 Å². The van der Waals surface area contributed by atoms with Gasteiger partial charge in [0.25, 0.3) is 5.91 Å². The summed E-state index contributed by atoms with van der Waals surface area (Å²) in [5, 5.41) is 12.9. The van der Waals surface area contributed by atoms with Crippen LogP contribution in [0, 0.1) is 28.9 Å². The maximum Gasteiger partial charge on any atom is 0.257 e. The molecule has 164 valence electrons. The van der Waals surface area contributed by atoms with Crippen molar-refractivity contribution in [3.63, 3.8) is 0 Å². The van der Waals surface area contributed by atoms with Gasteiger partial charge in [-0.3, -0.25) is 14.4 Å². The van der Waals surface area contributed by atoms with E-state index < -0.39 is 28.7 Å². The van der Waals surface area contributed by atoms with E-state index in [2.05, 4.69) is 19.2 Å². The van der Waals surface area contributed by atoms with Crippen molar-refractivity contribution < 1.29 is 23.5 Å². The van der Waals surface area contributed by atoms with Gasteiger partial charge < -0.3 is 15.0 Å². The molecule has 31 heavy (non-hydrogen) atoms. The summed E-state index contributed by atoms with van der Waals surface area (Å²) in [6.07, 6.45) is 3.89. The molecule has 2 aromatic rings. The van der Waals surface area contributed by atoms with Crippen LogP contribution in [0.5, 0.6) is 5.75 Å². The summed E-state index contributed by atoms with van der Waals surface area (Å²) in [7, 11) is 0. The molecule has 0 spiro atoms. The number of pyridine rings is 1. The molecule has 1 aliphatic carbocycles. The number of carbonyl (C=O) groups excluding carboxylic acids is 2. The number of rotatable bonds is 3. The maximum atomic E-state index is 13.8. The molecule has 2 heterocycles. The average Bonchev–Trinajstić information content (AvgIpc) is 2.70. The molecular weight excluding hydrogens is 406 g/mol. The van der Waals surface area contributed by atoms with E-state index in [1.54, 1.807) is 0 Å². The van der Waals surface area contributed by atoms with Gasteiger partial charge in [-0.25, -0.2) is 8.78 Å². The zero-order chi connectivity index (χ0) is 22.5. The fraction of sp³-hybridized carbons (Fsp3) is 0.435. The first-order chi connectivity index (χ1) is 14.6. The van der Waals surface area contributed by atoms with Crippen LogP contribution in [0.2, 0.25) is 0 Å². The number of aromatic hydroxyl groups is 1. The largest absolute Gasteiger partial charge is 0.503 e. The fourth-order valence-electron chi connectivity index (χ4n) is 4.93. The van der Waals surface area contributed by atoms with Crippen LogP contribution in [-0.2, 0) is 13.1 Å². The Bertz CT molecular complexity index is 1140. The highest BCUT2D eigenvalue weighted by Crippen LogP contribution is 2.48. The van der Waals surface area contributed by atoms with Gasteiger partial charge in [0.05, 0.1) is 0 Å². The van der Waals surface area contributed by atoms with Gasteiger partial charge in [0.1, 0.15) is 22.9 Å². The Morgan fingerprint density at radius 1 is 1.29 bits per heavy atom. The second-order valence-electron chi connectivity index (χ2n) is 9.10. The number of nitrogens with one attached hydrogen (secondary N) is 1. The standard InChI is InChI=1S/C23H24F2N2O4/c1-23(2)7-3-4-14-16(23)11-27-10-15(20(29)21(30)18(27)19(14)28)22(31)26-9-12-5-6-13(24)8-17(12)25/h5-6,8,10,14,16,30H,3-4,7,9,11H2,1-2H3,(H,26,31). The van der Waals surface area contributed by atoms with Crippen molar-refractivity contribution in [1.82, 2.24) is 9.88 Å². The summed E-state index contributed by atoms with van der Waals surface area (Å²) in [4.78, 5) is 38.3. The highest BCUT2D eigenvalue weighted by atomic mass is 19.1. The van der Waals surface area contributed by atoms with E-state index in [0.717, 1.165) is 18.9 Å². The third-order valence-electron chi connectivity index (χ3n) is 6.74. The van der Waals surface area contributed by atoms with Crippen molar-refractivity contribution in [3.05, 3.63) is 63.1 Å². The van der Waals surface area contributed by atoms with Crippen LogP contribution in [0.3, 0.4) is 0 Å².